The van der Waals surface area contributed by atoms with Crippen LogP contribution in [0, 0.1) is 11.6 Å². The van der Waals surface area contributed by atoms with Crippen molar-refractivity contribution in [2.24, 2.45) is 0 Å². The maximum atomic E-state index is 13.8. The topological polar surface area (TPSA) is 21.3 Å². The maximum Gasteiger partial charge on any atom is 0.163 e. The largest absolute Gasteiger partial charge is 0.379 e. The molecule has 102 valence electrons. The van der Waals surface area contributed by atoms with Crippen molar-refractivity contribution >= 4 is 0 Å². The molecule has 18 heavy (non-hydrogen) atoms. The molecule has 0 aliphatic carbocycles. The molecule has 4 heteroatoms. The van der Waals surface area contributed by atoms with E-state index in [2.05, 4.69) is 5.32 Å². The minimum Gasteiger partial charge on any atom is -0.379 e. The molecule has 0 spiro atoms. The van der Waals surface area contributed by atoms with Gasteiger partial charge in [-0.3, -0.25) is 0 Å². The van der Waals surface area contributed by atoms with Gasteiger partial charge in [0, 0.05) is 12.7 Å². The van der Waals surface area contributed by atoms with Crippen LogP contribution in [0.5, 0.6) is 0 Å². The molecule has 2 atom stereocenters. The lowest BCUT2D eigenvalue weighted by Crippen LogP contribution is -2.34. The van der Waals surface area contributed by atoms with Crippen LogP contribution in [-0.2, 0) is 4.74 Å². The van der Waals surface area contributed by atoms with E-state index in [-0.39, 0.29) is 12.1 Å². The Morgan fingerprint density at radius 1 is 1.28 bits per heavy atom. The fraction of sp³-hybridized carbons (Fsp3) is 0.571. The number of hydrogen-bond acceptors (Lipinski definition) is 2. The van der Waals surface area contributed by atoms with E-state index in [4.69, 9.17) is 4.74 Å². The van der Waals surface area contributed by atoms with Crippen molar-refractivity contribution in [3.05, 3.63) is 35.4 Å². The summed E-state index contributed by atoms with van der Waals surface area (Å²) in [4.78, 5) is 0. The number of benzene rings is 1. The molecule has 0 saturated carbocycles. The van der Waals surface area contributed by atoms with Gasteiger partial charge in [0.15, 0.2) is 11.6 Å². The first kappa shape index (κ1) is 15.1. The number of methoxy groups -OCH3 is 1. The minimum absolute atomic E-state index is 0.161. The second kappa shape index (κ2) is 7.44. The van der Waals surface area contributed by atoms with Crippen LogP contribution in [-0.4, -0.2) is 19.8 Å². The van der Waals surface area contributed by atoms with E-state index in [1.54, 1.807) is 13.2 Å². The number of likely N-dealkylation sites (N-methyl/N-ethyl adjacent to an activating group) is 1. The van der Waals surface area contributed by atoms with Crippen molar-refractivity contribution in [3.63, 3.8) is 0 Å². The molecule has 1 aromatic carbocycles. The van der Waals surface area contributed by atoms with Gasteiger partial charge in [-0.15, -0.1) is 0 Å². The zero-order valence-corrected chi connectivity index (χ0v) is 11.2. The summed E-state index contributed by atoms with van der Waals surface area (Å²) in [6.45, 7) is 4.64. The molecule has 0 bridgehead atoms. The van der Waals surface area contributed by atoms with Gasteiger partial charge < -0.3 is 10.1 Å². The van der Waals surface area contributed by atoms with Gasteiger partial charge in [-0.25, -0.2) is 8.78 Å². The molecule has 0 aromatic heterocycles. The number of nitrogens with one attached hydrogen (secondary N) is 1. The maximum absolute atomic E-state index is 13.8. The van der Waals surface area contributed by atoms with Gasteiger partial charge in [0.25, 0.3) is 0 Å². The van der Waals surface area contributed by atoms with Gasteiger partial charge >= 0.3 is 0 Å². The monoisotopic (exact) mass is 257 g/mol. The lowest BCUT2D eigenvalue weighted by Gasteiger charge is -2.27. The number of halogens is 2. The summed E-state index contributed by atoms with van der Waals surface area (Å²) >= 11 is 0. The van der Waals surface area contributed by atoms with Crippen LogP contribution in [0.3, 0.4) is 0 Å². The van der Waals surface area contributed by atoms with E-state index in [1.165, 1.54) is 6.07 Å². The van der Waals surface area contributed by atoms with Gasteiger partial charge in [0.05, 0.1) is 12.1 Å². The summed E-state index contributed by atoms with van der Waals surface area (Å²) in [5.74, 6) is -1.61. The molecule has 1 aromatic rings. The standard InChI is InChI=1S/C14H21F2NO/c1-4-7-12(18-3)14(17-5-2)10-8-6-9-11(15)13(10)16/h6,8-9,12,14,17H,4-5,7H2,1-3H3. The van der Waals surface area contributed by atoms with Gasteiger partial charge in [-0.05, 0) is 19.0 Å². The van der Waals surface area contributed by atoms with Crippen molar-refractivity contribution in [1.29, 1.82) is 0 Å². The predicted molar refractivity (Wildman–Crippen MR) is 68.5 cm³/mol. The second-order valence-electron chi connectivity index (χ2n) is 4.24. The molecule has 0 amide bonds. The molecule has 0 saturated heterocycles. The number of hydrogen-bond donors (Lipinski definition) is 1. The summed E-state index contributed by atoms with van der Waals surface area (Å²) in [6, 6.07) is 3.93. The Hall–Kier alpha value is -1.00. The Labute approximate surface area is 107 Å². The molecular weight excluding hydrogens is 236 g/mol. The molecule has 1 rings (SSSR count). The molecule has 0 fully saturated rings. The third kappa shape index (κ3) is 3.50. The average molecular weight is 257 g/mol. The van der Waals surface area contributed by atoms with Gasteiger partial charge in [-0.2, -0.15) is 0 Å². The summed E-state index contributed by atoms with van der Waals surface area (Å²) in [7, 11) is 1.60. The Bertz CT molecular complexity index is 371. The van der Waals surface area contributed by atoms with Crippen LogP contribution in [0.4, 0.5) is 8.78 Å². The fourth-order valence-electron chi connectivity index (χ4n) is 2.13. The van der Waals surface area contributed by atoms with Crippen molar-refractivity contribution < 1.29 is 13.5 Å². The van der Waals surface area contributed by atoms with Crippen LogP contribution < -0.4 is 5.32 Å². The SMILES string of the molecule is CCCC(OC)C(NCC)c1cccc(F)c1F. The van der Waals surface area contributed by atoms with Crippen molar-refractivity contribution in [2.45, 2.75) is 38.8 Å². The molecule has 0 aliphatic heterocycles. The Morgan fingerprint density at radius 3 is 2.56 bits per heavy atom. The summed E-state index contributed by atoms with van der Waals surface area (Å²) in [5.41, 5.74) is 0.331. The van der Waals surface area contributed by atoms with E-state index in [0.29, 0.717) is 12.1 Å². The molecule has 0 heterocycles. The highest BCUT2D eigenvalue weighted by molar-refractivity contribution is 5.23. The van der Waals surface area contributed by atoms with Crippen molar-refractivity contribution in [1.82, 2.24) is 5.32 Å². The summed E-state index contributed by atoms with van der Waals surface area (Å²) in [5, 5.41) is 3.17. The van der Waals surface area contributed by atoms with Crippen LogP contribution in [0.15, 0.2) is 18.2 Å². The molecule has 2 nitrogen and oxygen atoms in total. The van der Waals surface area contributed by atoms with E-state index in [9.17, 15) is 8.78 Å². The number of ether oxygens (including phenoxy) is 1. The third-order valence-corrected chi connectivity index (χ3v) is 2.99. The zero-order valence-electron chi connectivity index (χ0n) is 11.2. The fourth-order valence-corrected chi connectivity index (χ4v) is 2.13. The first-order valence-corrected chi connectivity index (χ1v) is 6.35. The van der Waals surface area contributed by atoms with Gasteiger partial charge in [0.2, 0.25) is 0 Å². The molecular formula is C14H21F2NO. The van der Waals surface area contributed by atoms with Crippen LogP contribution >= 0.6 is 0 Å². The van der Waals surface area contributed by atoms with E-state index in [1.807, 2.05) is 13.8 Å². The first-order valence-electron chi connectivity index (χ1n) is 6.35. The highest BCUT2D eigenvalue weighted by Crippen LogP contribution is 2.25. The zero-order chi connectivity index (χ0) is 13.5. The van der Waals surface area contributed by atoms with Gasteiger partial charge in [-0.1, -0.05) is 32.4 Å². The quantitative estimate of drug-likeness (QED) is 0.808. The van der Waals surface area contributed by atoms with Crippen molar-refractivity contribution in [2.75, 3.05) is 13.7 Å². The normalized spacial score (nSPS) is 14.5. The Morgan fingerprint density at radius 2 is 2.00 bits per heavy atom. The van der Waals surface area contributed by atoms with Gasteiger partial charge in [0.1, 0.15) is 0 Å². The Kier molecular flexibility index (Phi) is 6.22. The van der Waals surface area contributed by atoms with Crippen LogP contribution in [0.25, 0.3) is 0 Å². The van der Waals surface area contributed by atoms with E-state index in [0.717, 1.165) is 18.9 Å². The highest BCUT2D eigenvalue weighted by Gasteiger charge is 2.25. The Balaban J connectivity index is 3.06. The average Bonchev–Trinajstić information content (AvgIpc) is 2.37. The summed E-state index contributed by atoms with van der Waals surface area (Å²) in [6.07, 6.45) is 1.56. The predicted octanol–water partition coefficient (Wildman–Crippen LogP) is 3.43. The molecule has 0 radical (unpaired) electrons. The van der Waals surface area contributed by atoms with E-state index < -0.39 is 11.6 Å². The van der Waals surface area contributed by atoms with Crippen LogP contribution in [0.2, 0.25) is 0 Å². The smallest absolute Gasteiger partial charge is 0.163 e. The van der Waals surface area contributed by atoms with E-state index >= 15 is 0 Å². The highest BCUT2D eigenvalue weighted by atomic mass is 19.2. The van der Waals surface area contributed by atoms with Crippen LogP contribution in [0.1, 0.15) is 38.3 Å². The lowest BCUT2D eigenvalue weighted by molar-refractivity contribution is 0.0598. The summed E-state index contributed by atoms with van der Waals surface area (Å²) < 4.78 is 32.5. The molecule has 1 N–H and O–H groups in total. The minimum atomic E-state index is -0.818. The van der Waals surface area contributed by atoms with Crippen molar-refractivity contribution in [3.8, 4) is 0 Å². The molecule has 2 unspecified atom stereocenters. The molecule has 0 aliphatic rings. The second-order valence-corrected chi connectivity index (χ2v) is 4.24. The number of rotatable bonds is 7. The lowest BCUT2D eigenvalue weighted by atomic mass is 9.97. The third-order valence-electron chi connectivity index (χ3n) is 2.99. The first-order chi connectivity index (χ1) is 8.65.